The van der Waals surface area contributed by atoms with Gasteiger partial charge in [0.25, 0.3) is 0 Å². The number of anilines is 3. The first-order chi connectivity index (χ1) is 6.97. The molecule has 2 rings (SSSR count). The molecule has 82 valence electrons. The Balaban J connectivity index is 2.16. The molecule has 0 aromatic carbocycles. The Morgan fingerprint density at radius 1 is 1.33 bits per heavy atom. The summed E-state index contributed by atoms with van der Waals surface area (Å²) in [5.41, 5.74) is 11.2. The number of aromatic nitrogens is 2. The second kappa shape index (κ2) is 3.25. The average Bonchev–Trinajstić information content (AvgIpc) is 2.80. The molecular formula is C10H17N5. The van der Waals surface area contributed by atoms with E-state index in [9.17, 15) is 0 Å². The van der Waals surface area contributed by atoms with Gasteiger partial charge in [-0.3, -0.25) is 0 Å². The Labute approximate surface area is 89.3 Å². The van der Waals surface area contributed by atoms with Crippen molar-refractivity contribution < 1.29 is 0 Å². The summed E-state index contributed by atoms with van der Waals surface area (Å²) in [7, 11) is 0. The molecule has 0 unspecified atom stereocenters. The number of nitrogens with two attached hydrogens (primary N) is 2. The van der Waals surface area contributed by atoms with E-state index < -0.39 is 0 Å². The SMILES string of the molecule is CC(C)(Nc1cc(N)nc(N)n1)C1CC1. The lowest BCUT2D eigenvalue weighted by Gasteiger charge is -2.26. The van der Waals surface area contributed by atoms with Gasteiger partial charge in [0, 0.05) is 11.6 Å². The second-order valence-electron chi connectivity index (χ2n) is 4.66. The molecule has 1 fully saturated rings. The van der Waals surface area contributed by atoms with E-state index in [1.54, 1.807) is 6.07 Å². The molecule has 15 heavy (non-hydrogen) atoms. The zero-order chi connectivity index (χ0) is 11.1. The van der Waals surface area contributed by atoms with E-state index >= 15 is 0 Å². The van der Waals surface area contributed by atoms with Gasteiger partial charge in [0.1, 0.15) is 11.6 Å². The number of nitrogens with zero attached hydrogens (tertiary/aromatic N) is 2. The first kappa shape index (κ1) is 10.0. The van der Waals surface area contributed by atoms with Crippen LogP contribution in [0.1, 0.15) is 26.7 Å². The quantitative estimate of drug-likeness (QED) is 0.693. The standard InChI is InChI=1S/C10H17N5/c1-10(2,6-3-4-6)15-8-5-7(11)13-9(12)14-8/h5-6H,3-4H2,1-2H3,(H5,11,12,13,14,15). The highest BCUT2D eigenvalue weighted by Gasteiger charge is 2.37. The van der Waals surface area contributed by atoms with Crippen LogP contribution >= 0.6 is 0 Å². The Morgan fingerprint density at radius 2 is 2.00 bits per heavy atom. The summed E-state index contributed by atoms with van der Waals surface area (Å²) in [4.78, 5) is 7.93. The molecule has 5 N–H and O–H groups in total. The van der Waals surface area contributed by atoms with Crippen LogP contribution in [0.25, 0.3) is 0 Å². The Hall–Kier alpha value is -1.52. The fourth-order valence-corrected chi connectivity index (χ4v) is 1.79. The van der Waals surface area contributed by atoms with Crippen molar-refractivity contribution in [2.75, 3.05) is 16.8 Å². The molecule has 5 nitrogen and oxygen atoms in total. The molecule has 1 aromatic rings. The van der Waals surface area contributed by atoms with Crippen molar-refractivity contribution >= 4 is 17.6 Å². The van der Waals surface area contributed by atoms with Gasteiger partial charge in [-0.25, -0.2) is 0 Å². The maximum absolute atomic E-state index is 5.60. The molecule has 0 bridgehead atoms. The van der Waals surface area contributed by atoms with Crippen LogP contribution < -0.4 is 16.8 Å². The molecule has 1 aliphatic carbocycles. The fraction of sp³-hybridized carbons (Fsp3) is 0.600. The van der Waals surface area contributed by atoms with E-state index in [1.807, 2.05) is 0 Å². The van der Waals surface area contributed by atoms with E-state index in [-0.39, 0.29) is 11.5 Å². The van der Waals surface area contributed by atoms with Gasteiger partial charge in [-0.05, 0) is 32.6 Å². The van der Waals surface area contributed by atoms with E-state index in [2.05, 4.69) is 29.1 Å². The molecule has 0 atom stereocenters. The molecule has 1 aliphatic rings. The molecule has 5 heteroatoms. The summed E-state index contributed by atoms with van der Waals surface area (Å²) < 4.78 is 0. The highest BCUT2D eigenvalue weighted by atomic mass is 15.1. The monoisotopic (exact) mass is 207 g/mol. The minimum atomic E-state index is 0.0488. The van der Waals surface area contributed by atoms with Crippen LogP contribution in [0.5, 0.6) is 0 Å². The Kier molecular flexibility index (Phi) is 2.17. The van der Waals surface area contributed by atoms with Crippen LogP contribution in [0.4, 0.5) is 17.6 Å². The average molecular weight is 207 g/mol. The summed E-state index contributed by atoms with van der Waals surface area (Å²) in [6.07, 6.45) is 2.55. The summed E-state index contributed by atoms with van der Waals surface area (Å²) in [6.45, 7) is 4.33. The van der Waals surface area contributed by atoms with Crippen LogP contribution in [-0.4, -0.2) is 15.5 Å². The van der Waals surface area contributed by atoms with Gasteiger partial charge >= 0.3 is 0 Å². The maximum Gasteiger partial charge on any atom is 0.223 e. The predicted molar refractivity (Wildman–Crippen MR) is 61.3 cm³/mol. The highest BCUT2D eigenvalue weighted by Crippen LogP contribution is 2.40. The van der Waals surface area contributed by atoms with Gasteiger partial charge < -0.3 is 16.8 Å². The number of hydrogen-bond acceptors (Lipinski definition) is 5. The lowest BCUT2D eigenvalue weighted by Crippen LogP contribution is -2.33. The lowest BCUT2D eigenvalue weighted by molar-refractivity contribution is 0.492. The zero-order valence-electron chi connectivity index (χ0n) is 9.12. The summed E-state index contributed by atoms with van der Waals surface area (Å²) >= 11 is 0. The van der Waals surface area contributed by atoms with Gasteiger partial charge in [0.15, 0.2) is 0 Å². The van der Waals surface area contributed by atoms with E-state index in [1.165, 1.54) is 12.8 Å². The van der Waals surface area contributed by atoms with Crippen molar-refractivity contribution in [3.05, 3.63) is 6.07 Å². The van der Waals surface area contributed by atoms with Crippen LogP contribution in [-0.2, 0) is 0 Å². The minimum Gasteiger partial charge on any atom is -0.383 e. The second-order valence-corrected chi connectivity index (χ2v) is 4.66. The predicted octanol–water partition coefficient (Wildman–Crippen LogP) is 1.24. The zero-order valence-corrected chi connectivity index (χ0v) is 9.12. The summed E-state index contributed by atoms with van der Waals surface area (Å²) in [6, 6.07) is 1.71. The number of rotatable bonds is 3. The van der Waals surface area contributed by atoms with E-state index in [4.69, 9.17) is 11.5 Å². The molecule has 1 aromatic heterocycles. The number of nitrogens with one attached hydrogen (secondary N) is 1. The van der Waals surface area contributed by atoms with Crippen molar-refractivity contribution in [2.45, 2.75) is 32.2 Å². The largest absolute Gasteiger partial charge is 0.383 e. The van der Waals surface area contributed by atoms with Crippen molar-refractivity contribution in [1.29, 1.82) is 0 Å². The van der Waals surface area contributed by atoms with Crippen molar-refractivity contribution in [3.8, 4) is 0 Å². The first-order valence-corrected chi connectivity index (χ1v) is 5.15. The normalized spacial score (nSPS) is 16.4. The van der Waals surface area contributed by atoms with Crippen molar-refractivity contribution in [2.24, 2.45) is 5.92 Å². The third-order valence-electron chi connectivity index (χ3n) is 2.81. The maximum atomic E-state index is 5.60. The van der Waals surface area contributed by atoms with E-state index in [0.29, 0.717) is 11.6 Å². The molecule has 1 saturated carbocycles. The fourth-order valence-electron chi connectivity index (χ4n) is 1.79. The number of hydrogen-bond donors (Lipinski definition) is 3. The first-order valence-electron chi connectivity index (χ1n) is 5.15. The lowest BCUT2D eigenvalue weighted by atomic mass is 9.99. The molecule has 0 radical (unpaired) electrons. The van der Waals surface area contributed by atoms with Gasteiger partial charge in [0.2, 0.25) is 5.95 Å². The molecule has 0 amide bonds. The van der Waals surface area contributed by atoms with Crippen LogP contribution in [0.3, 0.4) is 0 Å². The van der Waals surface area contributed by atoms with Gasteiger partial charge in [-0.1, -0.05) is 0 Å². The van der Waals surface area contributed by atoms with Crippen LogP contribution in [0, 0.1) is 5.92 Å². The molecule has 1 heterocycles. The van der Waals surface area contributed by atoms with Crippen LogP contribution in [0.15, 0.2) is 6.07 Å². The molecule has 0 spiro atoms. The van der Waals surface area contributed by atoms with Gasteiger partial charge in [-0.15, -0.1) is 0 Å². The third kappa shape index (κ3) is 2.29. The van der Waals surface area contributed by atoms with Crippen molar-refractivity contribution in [1.82, 2.24) is 9.97 Å². The van der Waals surface area contributed by atoms with Gasteiger partial charge in [-0.2, -0.15) is 9.97 Å². The molecule has 0 aliphatic heterocycles. The summed E-state index contributed by atoms with van der Waals surface area (Å²) in [5.74, 6) is 2.03. The smallest absolute Gasteiger partial charge is 0.223 e. The minimum absolute atomic E-state index is 0.0488. The topological polar surface area (TPSA) is 89.8 Å². The Morgan fingerprint density at radius 3 is 2.53 bits per heavy atom. The van der Waals surface area contributed by atoms with Gasteiger partial charge in [0.05, 0.1) is 0 Å². The number of nitrogen functional groups attached to an aromatic ring is 2. The molecular weight excluding hydrogens is 190 g/mol. The highest BCUT2D eigenvalue weighted by molar-refractivity contribution is 5.49. The third-order valence-corrected chi connectivity index (χ3v) is 2.81. The Bertz CT molecular complexity index is 350. The summed E-state index contributed by atoms with van der Waals surface area (Å²) in [5, 5.41) is 3.35. The van der Waals surface area contributed by atoms with Crippen molar-refractivity contribution in [3.63, 3.8) is 0 Å². The van der Waals surface area contributed by atoms with Crippen LogP contribution in [0.2, 0.25) is 0 Å². The molecule has 0 saturated heterocycles. The van der Waals surface area contributed by atoms with E-state index in [0.717, 1.165) is 5.92 Å².